The summed E-state index contributed by atoms with van der Waals surface area (Å²) in [5.41, 5.74) is 4.55. The molecular weight excluding hydrogens is 410 g/mol. The summed E-state index contributed by atoms with van der Waals surface area (Å²) in [6, 6.07) is 25.2. The molecule has 1 amide bonds. The lowest BCUT2D eigenvalue weighted by Gasteiger charge is -2.26. The standard InChI is InChI=1S/C25H20ClN3O2/c1-31-21-10-6-5-9-19(21)20-15-22(30)27-25-23(20)24(16-11-13-17(26)14-12-16)28-29(25)18-7-3-2-4-8-18/h2-14,20H,15H2,1H3,(H,27,30)/t20-/m0/s1. The molecule has 0 saturated heterocycles. The minimum Gasteiger partial charge on any atom is -0.496 e. The van der Waals surface area contributed by atoms with Crippen molar-refractivity contribution in [3.05, 3.63) is 95.0 Å². The molecule has 0 saturated carbocycles. The molecule has 6 heteroatoms. The van der Waals surface area contributed by atoms with E-state index < -0.39 is 0 Å². The minimum atomic E-state index is -0.192. The molecule has 5 nitrogen and oxygen atoms in total. The molecular formula is C25H20ClN3O2. The molecule has 1 aliphatic rings. The summed E-state index contributed by atoms with van der Waals surface area (Å²) in [6.07, 6.45) is 0.314. The average Bonchev–Trinajstić information content (AvgIpc) is 3.19. The summed E-state index contributed by atoms with van der Waals surface area (Å²) in [5, 5.41) is 8.67. The molecule has 2 heterocycles. The predicted molar refractivity (Wildman–Crippen MR) is 122 cm³/mol. The van der Waals surface area contributed by atoms with Crippen molar-refractivity contribution in [2.75, 3.05) is 12.4 Å². The van der Waals surface area contributed by atoms with Crippen LogP contribution in [0.5, 0.6) is 5.75 Å². The number of ether oxygens (including phenoxy) is 1. The number of para-hydroxylation sites is 2. The maximum absolute atomic E-state index is 12.8. The number of anilines is 1. The number of hydrogen-bond acceptors (Lipinski definition) is 3. The Morgan fingerprint density at radius 3 is 2.45 bits per heavy atom. The van der Waals surface area contributed by atoms with E-state index in [1.807, 2.05) is 78.9 Å². The summed E-state index contributed by atoms with van der Waals surface area (Å²) in [7, 11) is 1.65. The van der Waals surface area contributed by atoms with Gasteiger partial charge in [-0.15, -0.1) is 0 Å². The summed E-state index contributed by atoms with van der Waals surface area (Å²) in [6.45, 7) is 0. The van der Waals surface area contributed by atoms with Crippen LogP contribution in [0.25, 0.3) is 16.9 Å². The van der Waals surface area contributed by atoms with E-state index in [2.05, 4.69) is 5.32 Å². The first-order valence-corrected chi connectivity index (χ1v) is 10.4. The fourth-order valence-corrected chi connectivity index (χ4v) is 4.27. The molecule has 1 aromatic heterocycles. The SMILES string of the molecule is COc1ccccc1[C@@H]1CC(=O)Nc2c1c(-c1ccc(Cl)cc1)nn2-c1ccccc1. The maximum Gasteiger partial charge on any atom is 0.226 e. The van der Waals surface area contributed by atoms with Crippen LogP contribution >= 0.6 is 11.6 Å². The van der Waals surface area contributed by atoms with Gasteiger partial charge in [0.1, 0.15) is 11.6 Å². The minimum absolute atomic E-state index is 0.0526. The Kier molecular flexibility index (Phi) is 4.96. The monoisotopic (exact) mass is 429 g/mol. The quantitative estimate of drug-likeness (QED) is 0.454. The van der Waals surface area contributed by atoms with Gasteiger partial charge in [0.25, 0.3) is 0 Å². The van der Waals surface area contributed by atoms with Gasteiger partial charge in [-0.2, -0.15) is 5.10 Å². The highest BCUT2D eigenvalue weighted by atomic mass is 35.5. The molecule has 5 rings (SSSR count). The predicted octanol–water partition coefficient (Wildman–Crippen LogP) is 5.68. The van der Waals surface area contributed by atoms with E-state index in [0.29, 0.717) is 17.3 Å². The van der Waals surface area contributed by atoms with Gasteiger partial charge in [0.05, 0.1) is 18.5 Å². The van der Waals surface area contributed by atoms with E-state index in [1.54, 1.807) is 11.8 Å². The Bertz CT molecular complexity index is 1250. The Labute approximate surface area is 185 Å². The highest BCUT2D eigenvalue weighted by molar-refractivity contribution is 6.30. The van der Waals surface area contributed by atoms with Gasteiger partial charge in [0, 0.05) is 34.1 Å². The fourth-order valence-electron chi connectivity index (χ4n) is 4.15. The first-order chi connectivity index (χ1) is 15.2. The van der Waals surface area contributed by atoms with E-state index in [9.17, 15) is 4.79 Å². The third-order valence-electron chi connectivity index (χ3n) is 5.55. The highest BCUT2D eigenvalue weighted by Gasteiger charge is 2.35. The zero-order valence-electron chi connectivity index (χ0n) is 16.9. The molecule has 31 heavy (non-hydrogen) atoms. The van der Waals surface area contributed by atoms with Crippen LogP contribution in [0.15, 0.2) is 78.9 Å². The smallest absolute Gasteiger partial charge is 0.226 e. The molecule has 0 radical (unpaired) electrons. The number of hydrogen-bond donors (Lipinski definition) is 1. The van der Waals surface area contributed by atoms with Crippen LogP contribution in [0.1, 0.15) is 23.5 Å². The molecule has 0 fully saturated rings. The number of rotatable bonds is 4. The topological polar surface area (TPSA) is 56.1 Å². The Morgan fingerprint density at radius 2 is 1.71 bits per heavy atom. The second-order valence-electron chi connectivity index (χ2n) is 7.41. The molecule has 154 valence electrons. The summed E-state index contributed by atoms with van der Waals surface area (Å²) in [5.74, 6) is 1.19. The van der Waals surface area contributed by atoms with Crippen LogP contribution in [0.3, 0.4) is 0 Å². The molecule has 3 aromatic carbocycles. The molecule has 0 bridgehead atoms. The molecule has 0 spiro atoms. The first-order valence-electron chi connectivity index (χ1n) is 10.0. The molecule has 1 atom stereocenters. The molecule has 1 N–H and O–H groups in total. The van der Waals surface area contributed by atoms with Crippen molar-refractivity contribution in [2.45, 2.75) is 12.3 Å². The molecule has 0 aliphatic carbocycles. The van der Waals surface area contributed by atoms with Crippen LogP contribution in [0, 0.1) is 0 Å². The van der Waals surface area contributed by atoms with Gasteiger partial charge in [0.15, 0.2) is 0 Å². The van der Waals surface area contributed by atoms with Crippen molar-refractivity contribution < 1.29 is 9.53 Å². The van der Waals surface area contributed by atoms with Gasteiger partial charge in [-0.1, -0.05) is 60.1 Å². The van der Waals surface area contributed by atoms with Crippen LogP contribution in [-0.2, 0) is 4.79 Å². The van der Waals surface area contributed by atoms with Crippen LogP contribution < -0.4 is 10.1 Å². The number of fused-ring (bicyclic) bond motifs is 1. The van der Waals surface area contributed by atoms with Crippen LogP contribution in [-0.4, -0.2) is 22.8 Å². The van der Waals surface area contributed by atoms with E-state index in [0.717, 1.165) is 33.8 Å². The van der Waals surface area contributed by atoms with Crippen molar-refractivity contribution >= 4 is 23.3 Å². The second kappa shape index (κ2) is 7.93. The van der Waals surface area contributed by atoms with Gasteiger partial charge >= 0.3 is 0 Å². The normalized spacial score (nSPS) is 15.3. The first kappa shape index (κ1) is 19.4. The summed E-state index contributed by atoms with van der Waals surface area (Å²) in [4.78, 5) is 12.8. The lowest BCUT2D eigenvalue weighted by atomic mass is 9.84. The lowest BCUT2D eigenvalue weighted by Crippen LogP contribution is -2.25. The number of aromatic nitrogens is 2. The molecule has 4 aromatic rings. The molecule has 1 aliphatic heterocycles. The maximum atomic E-state index is 12.8. The van der Waals surface area contributed by atoms with Crippen molar-refractivity contribution in [3.63, 3.8) is 0 Å². The van der Waals surface area contributed by atoms with E-state index in [1.165, 1.54) is 0 Å². The zero-order chi connectivity index (χ0) is 21.4. The van der Waals surface area contributed by atoms with Crippen molar-refractivity contribution in [3.8, 4) is 22.7 Å². The van der Waals surface area contributed by atoms with Crippen LogP contribution in [0.4, 0.5) is 5.82 Å². The number of benzene rings is 3. The fraction of sp³-hybridized carbons (Fsp3) is 0.120. The van der Waals surface area contributed by atoms with Gasteiger partial charge in [-0.05, 0) is 30.3 Å². The Morgan fingerprint density at radius 1 is 1.00 bits per heavy atom. The third-order valence-corrected chi connectivity index (χ3v) is 5.80. The zero-order valence-corrected chi connectivity index (χ0v) is 17.6. The highest BCUT2D eigenvalue weighted by Crippen LogP contribution is 2.46. The van der Waals surface area contributed by atoms with E-state index in [4.69, 9.17) is 21.4 Å². The Hall–Kier alpha value is -3.57. The number of carbonyl (C=O) groups is 1. The number of methoxy groups -OCH3 is 1. The largest absolute Gasteiger partial charge is 0.496 e. The number of halogens is 1. The van der Waals surface area contributed by atoms with E-state index >= 15 is 0 Å². The van der Waals surface area contributed by atoms with Gasteiger partial charge in [-0.25, -0.2) is 4.68 Å². The third kappa shape index (κ3) is 3.47. The summed E-state index contributed by atoms with van der Waals surface area (Å²) >= 11 is 6.13. The average molecular weight is 430 g/mol. The van der Waals surface area contributed by atoms with Crippen molar-refractivity contribution in [1.82, 2.24) is 9.78 Å². The van der Waals surface area contributed by atoms with Gasteiger partial charge in [0.2, 0.25) is 5.91 Å². The number of amides is 1. The lowest BCUT2D eigenvalue weighted by molar-refractivity contribution is -0.116. The number of nitrogens with one attached hydrogen (secondary N) is 1. The van der Waals surface area contributed by atoms with Crippen molar-refractivity contribution in [2.24, 2.45) is 0 Å². The van der Waals surface area contributed by atoms with Crippen molar-refractivity contribution in [1.29, 1.82) is 0 Å². The second-order valence-corrected chi connectivity index (χ2v) is 7.85. The Balaban J connectivity index is 1.79. The molecule has 0 unspecified atom stereocenters. The van der Waals surface area contributed by atoms with Gasteiger partial charge in [-0.3, -0.25) is 4.79 Å². The summed E-state index contributed by atoms with van der Waals surface area (Å²) < 4.78 is 7.43. The number of nitrogens with zero attached hydrogens (tertiary/aromatic N) is 2. The van der Waals surface area contributed by atoms with Gasteiger partial charge < -0.3 is 10.1 Å². The number of carbonyl (C=O) groups excluding carboxylic acids is 1. The van der Waals surface area contributed by atoms with E-state index in [-0.39, 0.29) is 11.8 Å². The van der Waals surface area contributed by atoms with Crippen LogP contribution in [0.2, 0.25) is 5.02 Å².